The summed E-state index contributed by atoms with van der Waals surface area (Å²) in [6, 6.07) is 18.1. The second-order valence-electron chi connectivity index (χ2n) is 14.2. The SMILES string of the molecule is Nc1nc2ncc(CNc3ccc(C(=O)NC(CCC(=O)CCCNC(=S)Nc4ccc(C(=O)O)c(-c5c6ccc(=O)cc-6oc6cc(O)ccc56)c4)C(=O)O)cc3)nc2c(=O)[nH]1. The Morgan fingerprint density at radius 1 is 0.889 bits per heavy atom. The van der Waals surface area contributed by atoms with E-state index in [-0.39, 0.29) is 94.0 Å². The van der Waals surface area contributed by atoms with Crippen LogP contribution in [0.15, 0.2) is 99.1 Å². The minimum atomic E-state index is -1.32. The van der Waals surface area contributed by atoms with Gasteiger partial charge in [-0.05, 0) is 97.4 Å². The van der Waals surface area contributed by atoms with E-state index in [1.165, 1.54) is 48.7 Å². The van der Waals surface area contributed by atoms with Gasteiger partial charge in [0.15, 0.2) is 21.7 Å². The maximum absolute atomic E-state index is 12.9. The first-order valence-electron chi connectivity index (χ1n) is 19.3. The zero-order valence-corrected chi connectivity index (χ0v) is 33.7. The number of carbonyl (C=O) groups is 4. The molecule has 320 valence electrons. The number of phenolic OH excluding ortho intramolecular Hbond substituents is 1. The molecular formula is C43H37N9O10S. The third kappa shape index (κ3) is 10.2. The predicted octanol–water partition coefficient (Wildman–Crippen LogP) is 4.49. The number of carbonyl (C=O) groups excluding carboxylic acids is 2. The predicted molar refractivity (Wildman–Crippen MR) is 236 cm³/mol. The zero-order valence-electron chi connectivity index (χ0n) is 32.9. The lowest BCUT2D eigenvalue weighted by Gasteiger charge is -2.18. The van der Waals surface area contributed by atoms with Gasteiger partial charge in [0.1, 0.15) is 28.9 Å². The number of nitrogens with zero attached hydrogens (tertiary/aromatic N) is 3. The minimum Gasteiger partial charge on any atom is -0.508 e. The number of H-pyrrole nitrogens is 1. The summed E-state index contributed by atoms with van der Waals surface area (Å²) in [4.78, 5) is 89.0. The summed E-state index contributed by atoms with van der Waals surface area (Å²) in [5.41, 5.74) is 8.01. The number of phenols is 1. The Morgan fingerprint density at radius 2 is 1.67 bits per heavy atom. The summed E-state index contributed by atoms with van der Waals surface area (Å²) in [6.45, 7) is 0.475. The van der Waals surface area contributed by atoms with Crippen molar-refractivity contribution < 1.29 is 38.9 Å². The fourth-order valence-corrected chi connectivity index (χ4v) is 6.96. The number of thiocarbonyl (C=S) groups is 1. The van der Waals surface area contributed by atoms with Crippen molar-refractivity contribution in [3.63, 3.8) is 0 Å². The Kier molecular flexibility index (Phi) is 12.6. The largest absolute Gasteiger partial charge is 0.508 e. The number of Topliss-reactive ketones (excluding diaryl/α,β-unsaturated/α-hetero) is 1. The van der Waals surface area contributed by atoms with Crippen molar-refractivity contribution in [3.8, 4) is 28.2 Å². The molecule has 0 radical (unpaired) electrons. The maximum Gasteiger partial charge on any atom is 0.336 e. The molecule has 5 aromatic rings. The first-order valence-corrected chi connectivity index (χ1v) is 19.7. The number of anilines is 3. The molecule has 0 saturated carbocycles. The standard InChI is InChI=1S/C43H37N9O10S/c44-42-51-37-36(39(57)52-42)48-24(20-47-37)19-46-22-5-3-21(4-6-22)38(56)50-32(41(60)61)14-10-25(53)2-1-15-45-43(63)49-23-7-11-28(40(58)59)31(16-23)35-29-12-8-26(54)17-33(29)62-34-18-27(55)9-13-30(34)35/h3-9,11-13,16-18,20,32,46,54H,1-2,10,14-15,19H2,(H,50,56)(H,58,59)(H,60,61)(H2,45,49,63)(H3,44,47,51,52,57). The van der Waals surface area contributed by atoms with Gasteiger partial charge in [0.25, 0.3) is 11.5 Å². The molecule has 20 heteroatoms. The number of ketones is 1. The van der Waals surface area contributed by atoms with Gasteiger partial charge in [0.2, 0.25) is 5.95 Å². The number of fused-ring (bicyclic) bond motifs is 3. The summed E-state index contributed by atoms with van der Waals surface area (Å²) < 4.78 is 5.90. The number of aromatic carboxylic acids is 1. The maximum atomic E-state index is 12.9. The number of aromatic amines is 1. The Labute approximate surface area is 360 Å². The Hall–Kier alpha value is -8.26. The van der Waals surface area contributed by atoms with Gasteiger partial charge in [-0.25, -0.2) is 19.6 Å². The molecule has 0 saturated heterocycles. The van der Waals surface area contributed by atoms with Gasteiger partial charge in [-0.15, -0.1) is 0 Å². The number of nitrogens with two attached hydrogens (primary N) is 1. The number of carboxylic acid groups (broad SMARTS) is 2. The lowest BCUT2D eigenvalue weighted by Crippen LogP contribution is -2.41. The fourth-order valence-electron chi connectivity index (χ4n) is 6.74. The molecule has 1 atom stereocenters. The Morgan fingerprint density at radius 3 is 2.43 bits per heavy atom. The van der Waals surface area contributed by atoms with Crippen LogP contribution in [-0.2, 0) is 16.1 Å². The lowest BCUT2D eigenvalue weighted by molar-refractivity contribution is -0.139. The summed E-state index contributed by atoms with van der Waals surface area (Å²) in [5.74, 6) is -3.29. The number of nitrogen functional groups attached to an aromatic ring is 1. The number of amides is 1. The third-order valence-electron chi connectivity index (χ3n) is 9.79. The van der Waals surface area contributed by atoms with Gasteiger partial charge in [0.05, 0.1) is 24.0 Å². The second-order valence-corrected chi connectivity index (χ2v) is 14.6. The molecule has 1 unspecified atom stereocenters. The van der Waals surface area contributed by atoms with Crippen molar-refractivity contribution in [1.29, 1.82) is 0 Å². The van der Waals surface area contributed by atoms with Gasteiger partial charge in [-0.2, -0.15) is 4.98 Å². The monoisotopic (exact) mass is 871 g/mol. The first kappa shape index (κ1) is 42.8. The van der Waals surface area contributed by atoms with Crippen LogP contribution < -0.4 is 38.0 Å². The van der Waals surface area contributed by atoms with Crippen LogP contribution in [0.1, 0.15) is 52.1 Å². The van der Waals surface area contributed by atoms with Crippen LogP contribution in [0, 0.1) is 0 Å². The number of rotatable bonds is 16. The normalized spacial score (nSPS) is 11.6. The van der Waals surface area contributed by atoms with E-state index in [2.05, 4.69) is 41.2 Å². The van der Waals surface area contributed by atoms with E-state index < -0.39 is 29.4 Å². The van der Waals surface area contributed by atoms with Gasteiger partial charge in [-0.3, -0.25) is 24.2 Å². The van der Waals surface area contributed by atoms with Crippen LogP contribution in [0.25, 0.3) is 44.6 Å². The average molecular weight is 872 g/mol. The highest BCUT2D eigenvalue weighted by molar-refractivity contribution is 7.80. The molecule has 0 bridgehead atoms. The molecule has 19 nitrogen and oxygen atoms in total. The highest BCUT2D eigenvalue weighted by atomic mass is 32.1. The highest BCUT2D eigenvalue weighted by Gasteiger charge is 2.24. The smallest absolute Gasteiger partial charge is 0.336 e. The van der Waals surface area contributed by atoms with Crippen LogP contribution in [0.3, 0.4) is 0 Å². The molecule has 0 spiro atoms. The van der Waals surface area contributed by atoms with Crippen molar-refractivity contribution in [2.75, 3.05) is 22.9 Å². The molecule has 10 N–H and O–H groups in total. The molecule has 3 heterocycles. The molecule has 7 rings (SSSR count). The number of carboxylic acids is 2. The molecule has 1 aliphatic carbocycles. The molecule has 1 aliphatic heterocycles. The van der Waals surface area contributed by atoms with Crippen molar-refractivity contribution >= 4 is 80.4 Å². The van der Waals surface area contributed by atoms with Crippen LogP contribution >= 0.6 is 12.2 Å². The average Bonchev–Trinajstić information content (AvgIpc) is 3.24. The number of benzene rings is 4. The number of aliphatic carboxylic acids is 1. The Balaban J connectivity index is 0.888. The molecule has 2 aromatic heterocycles. The number of aromatic nitrogens is 4. The van der Waals surface area contributed by atoms with E-state index in [1.54, 1.807) is 36.4 Å². The van der Waals surface area contributed by atoms with E-state index in [9.17, 15) is 44.1 Å². The van der Waals surface area contributed by atoms with E-state index >= 15 is 0 Å². The number of hydrogen-bond donors (Lipinski definition) is 9. The molecule has 0 fully saturated rings. The molecule has 2 aliphatic rings. The van der Waals surface area contributed by atoms with Crippen LogP contribution in [0.2, 0.25) is 0 Å². The first-order chi connectivity index (χ1) is 30.2. The minimum absolute atomic E-state index is 0.0320. The molecule has 1 amide bonds. The third-order valence-corrected chi connectivity index (χ3v) is 10.0. The number of nitrogens with one attached hydrogen (secondary N) is 5. The van der Waals surface area contributed by atoms with E-state index in [1.807, 2.05) is 0 Å². The summed E-state index contributed by atoms with van der Waals surface area (Å²) in [5, 5.41) is 42.3. The molecule has 3 aromatic carbocycles. The van der Waals surface area contributed by atoms with Crippen molar-refractivity contribution in [2.45, 2.75) is 38.3 Å². The summed E-state index contributed by atoms with van der Waals surface area (Å²) >= 11 is 5.47. The summed E-state index contributed by atoms with van der Waals surface area (Å²) in [6.07, 6.45) is 1.68. The van der Waals surface area contributed by atoms with Crippen molar-refractivity contribution in [2.24, 2.45) is 0 Å². The fraction of sp³-hybridized carbons (Fsp3) is 0.163. The topological polar surface area (TPSA) is 305 Å². The summed E-state index contributed by atoms with van der Waals surface area (Å²) in [7, 11) is 0. The van der Waals surface area contributed by atoms with Crippen LogP contribution in [0.4, 0.5) is 17.3 Å². The molecular weight excluding hydrogens is 835 g/mol. The van der Waals surface area contributed by atoms with Crippen molar-refractivity contribution in [3.05, 3.63) is 122 Å². The lowest BCUT2D eigenvalue weighted by atomic mass is 9.90. The van der Waals surface area contributed by atoms with Crippen molar-refractivity contribution in [1.82, 2.24) is 30.6 Å². The zero-order chi connectivity index (χ0) is 44.8. The quantitative estimate of drug-likeness (QED) is 0.0367. The Bertz CT molecular complexity index is 3030. The van der Waals surface area contributed by atoms with E-state index in [0.717, 1.165) is 0 Å². The van der Waals surface area contributed by atoms with Gasteiger partial charge in [-0.1, -0.05) is 0 Å². The van der Waals surface area contributed by atoms with Gasteiger partial charge in [0, 0.05) is 65.0 Å². The van der Waals surface area contributed by atoms with E-state index in [0.29, 0.717) is 45.6 Å². The number of hydrogen-bond acceptors (Lipinski definition) is 14. The molecule has 63 heavy (non-hydrogen) atoms. The second kappa shape index (κ2) is 18.6. The number of aromatic hydroxyl groups is 1. The van der Waals surface area contributed by atoms with Crippen LogP contribution in [-0.4, -0.2) is 76.6 Å². The van der Waals surface area contributed by atoms with Gasteiger partial charge < -0.3 is 46.7 Å². The van der Waals surface area contributed by atoms with Gasteiger partial charge >= 0.3 is 11.9 Å². The van der Waals surface area contributed by atoms with Crippen LogP contribution in [0.5, 0.6) is 5.75 Å². The van der Waals surface area contributed by atoms with E-state index in [4.69, 9.17) is 22.4 Å². The highest BCUT2D eigenvalue weighted by Crippen LogP contribution is 2.42.